The average molecular weight is 413 g/mol. The second-order valence-corrected chi connectivity index (χ2v) is 7.66. The summed E-state index contributed by atoms with van der Waals surface area (Å²) in [6, 6.07) is 11.0. The van der Waals surface area contributed by atoms with E-state index in [9.17, 15) is 9.90 Å². The molecule has 2 heterocycles. The normalized spacial score (nSPS) is 14.3. The monoisotopic (exact) mass is 413 g/mol. The highest BCUT2D eigenvalue weighted by molar-refractivity contribution is 7.99. The van der Waals surface area contributed by atoms with Crippen molar-refractivity contribution in [2.24, 2.45) is 0 Å². The van der Waals surface area contributed by atoms with E-state index in [0.717, 1.165) is 21.4 Å². The highest BCUT2D eigenvalue weighted by Crippen LogP contribution is 2.43. The molecule has 29 heavy (non-hydrogen) atoms. The molecule has 1 aliphatic heterocycles. The summed E-state index contributed by atoms with van der Waals surface area (Å²) in [6.45, 7) is 2.48. The molecule has 0 aliphatic carbocycles. The van der Waals surface area contributed by atoms with E-state index in [1.807, 2.05) is 29.4 Å². The van der Waals surface area contributed by atoms with Crippen molar-refractivity contribution in [3.8, 4) is 22.8 Å². The van der Waals surface area contributed by atoms with Crippen molar-refractivity contribution in [2.75, 3.05) is 39.7 Å². The maximum absolute atomic E-state index is 12.6. The molecular weight excluding hydrogens is 390 g/mol. The van der Waals surface area contributed by atoms with Crippen LogP contribution in [0.1, 0.15) is 5.56 Å². The molecule has 0 bridgehead atoms. The Morgan fingerprint density at radius 3 is 2.69 bits per heavy atom. The van der Waals surface area contributed by atoms with Gasteiger partial charge < -0.3 is 23.9 Å². The molecule has 0 unspecified atom stereocenters. The van der Waals surface area contributed by atoms with Gasteiger partial charge in [0.15, 0.2) is 5.76 Å². The Labute approximate surface area is 173 Å². The third-order valence-electron chi connectivity index (χ3n) is 5.08. The zero-order valence-corrected chi connectivity index (χ0v) is 17.3. The van der Waals surface area contributed by atoms with Gasteiger partial charge in [-0.25, -0.2) is 0 Å². The van der Waals surface area contributed by atoms with Crippen molar-refractivity contribution in [1.29, 1.82) is 0 Å². The van der Waals surface area contributed by atoms with Gasteiger partial charge in [0.05, 0.1) is 37.2 Å². The van der Waals surface area contributed by atoms with Gasteiger partial charge in [-0.2, -0.15) is 0 Å². The van der Waals surface area contributed by atoms with E-state index < -0.39 is 0 Å². The lowest BCUT2D eigenvalue weighted by Gasteiger charge is -2.26. The summed E-state index contributed by atoms with van der Waals surface area (Å²) in [4.78, 5) is 15.4. The second-order valence-electron chi connectivity index (χ2n) is 6.85. The van der Waals surface area contributed by atoms with Gasteiger partial charge >= 0.3 is 0 Å². The molecule has 1 N–H and O–H groups in total. The largest absolute Gasteiger partial charge is 0.507 e. The Bertz CT molecular complexity index is 1040. The maximum atomic E-state index is 12.6. The number of amides is 1. The Hall–Kier alpha value is -2.64. The Morgan fingerprint density at radius 2 is 2.00 bits per heavy atom. The second kappa shape index (κ2) is 8.39. The molecule has 0 radical (unpaired) electrons. The van der Waals surface area contributed by atoms with Gasteiger partial charge in [-0.1, -0.05) is 6.07 Å². The molecule has 1 aliphatic rings. The SMILES string of the molecule is COc1ccc(-c2oc3ccc(CC(=O)N4CCOCC4)cc3c2SC)c(O)c1. The molecule has 6 nitrogen and oxygen atoms in total. The van der Waals surface area contributed by atoms with Crippen LogP contribution < -0.4 is 4.74 Å². The Balaban J connectivity index is 1.67. The molecule has 4 rings (SSSR count). The number of furan rings is 1. The summed E-state index contributed by atoms with van der Waals surface area (Å²) in [6.07, 6.45) is 2.32. The number of benzene rings is 2. The van der Waals surface area contributed by atoms with Crippen LogP contribution in [0.4, 0.5) is 0 Å². The van der Waals surface area contributed by atoms with E-state index in [-0.39, 0.29) is 11.7 Å². The van der Waals surface area contributed by atoms with Crippen LogP contribution in [0.3, 0.4) is 0 Å². The van der Waals surface area contributed by atoms with Gasteiger partial charge in [0.1, 0.15) is 17.1 Å². The number of methoxy groups -OCH3 is 1. The number of aromatic hydroxyl groups is 1. The van der Waals surface area contributed by atoms with E-state index in [1.54, 1.807) is 37.1 Å². The van der Waals surface area contributed by atoms with Crippen LogP contribution in [0.5, 0.6) is 11.5 Å². The summed E-state index contributed by atoms with van der Waals surface area (Å²) in [5.41, 5.74) is 2.27. The third kappa shape index (κ3) is 3.93. The maximum Gasteiger partial charge on any atom is 0.227 e. The van der Waals surface area contributed by atoms with Crippen molar-refractivity contribution >= 4 is 28.6 Å². The van der Waals surface area contributed by atoms with Crippen LogP contribution in [0.15, 0.2) is 45.7 Å². The van der Waals surface area contributed by atoms with Crippen molar-refractivity contribution < 1.29 is 23.8 Å². The van der Waals surface area contributed by atoms with E-state index >= 15 is 0 Å². The first-order valence-electron chi connectivity index (χ1n) is 9.43. The number of ether oxygens (including phenoxy) is 2. The van der Waals surface area contributed by atoms with Gasteiger partial charge in [-0.05, 0) is 36.1 Å². The number of carbonyl (C=O) groups excluding carboxylic acids is 1. The lowest BCUT2D eigenvalue weighted by atomic mass is 10.1. The van der Waals surface area contributed by atoms with Crippen molar-refractivity contribution in [3.05, 3.63) is 42.0 Å². The lowest BCUT2D eigenvalue weighted by molar-refractivity contribution is -0.134. The predicted molar refractivity (Wildman–Crippen MR) is 113 cm³/mol. The molecule has 0 saturated carbocycles. The summed E-state index contributed by atoms with van der Waals surface area (Å²) in [5, 5.41) is 11.4. The minimum absolute atomic E-state index is 0.0985. The fourth-order valence-electron chi connectivity index (χ4n) is 3.54. The highest BCUT2D eigenvalue weighted by Gasteiger charge is 2.21. The number of morpholine rings is 1. The topological polar surface area (TPSA) is 72.1 Å². The van der Waals surface area contributed by atoms with E-state index in [4.69, 9.17) is 13.9 Å². The number of carbonyl (C=O) groups is 1. The molecule has 2 aromatic carbocycles. The van der Waals surface area contributed by atoms with Crippen LogP contribution in [-0.4, -0.2) is 55.6 Å². The van der Waals surface area contributed by atoms with E-state index in [1.165, 1.54) is 0 Å². The minimum Gasteiger partial charge on any atom is -0.507 e. The molecule has 1 fully saturated rings. The number of hydrogen-bond acceptors (Lipinski definition) is 6. The zero-order chi connectivity index (χ0) is 20.4. The smallest absolute Gasteiger partial charge is 0.227 e. The van der Waals surface area contributed by atoms with Crippen LogP contribution in [-0.2, 0) is 16.0 Å². The fourth-order valence-corrected chi connectivity index (χ4v) is 4.26. The summed E-state index contributed by atoms with van der Waals surface area (Å²) in [5.74, 6) is 1.40. The summed E-state index contributed by atoms with van der Waals surface area (Å²) >= 11 is 1.55. The number of nitrogens with zero attached hydrogens (tertiary/aromatic N) is 1. The van der Waals surface area contributed by atoms with Crippen LogP contribution in [0, 0.1) is 0 Å². The lowest BCUT2D eigenvalue weighted by Crippen LogP contribution is -2.41. The molecule has 0 spiro atoms. The predicted octanol–water partition coefficient (Wildman–Crippen LogP) is 3.94. The molecule has 1 saturated heterocycles. The molecule has 0 atom stereocenters. The van der Waals surface area contributed by atoms with Crippen LogP contribution >= 0.6 is 11.8 Å². The number of fused-ring (bicyclic) bond motifs is 1. The first kappa shape index (κ1) is 19.7. The van der Waals surface area contributed by atoms with Crippen molar-refractivity contribution in [2.45, 2.75) is 11.3 Å². The van der Waals surface area contributed by atoms with E-state index in [2.05, 4.69) is 0 Å². The van der Waals surface area contributed by atoms with E-state index in [0.29, 0.717) is 49.8 Å². The highest BCUT2D eigenvalue weighted by atomic mass is 32.2. The number of rotatable bonds is 5. The molecular formula is C22H23NO5S. The molecule has 3 aromatic rings. The summed E-state index contributed by atoms with van der Waals surface area (Å²) in [7, 11) is 1.56. The number of phenols is 1. The van der Waals surface area contributed by atoms with Gasteiger partial charge in [0.2, 0.25) is 5.91 Å². The van der Waals surface area contributed by atoms with Gasteiger partial charge in [0.25, 0.3) is 0 Å². The number of phenolic OH excluding ortho intramolecular Hbond substituents is 1. The molecule has 1 amide bonds. The number of hydrogen-bond donors (Lipinski definition) is 1. The third-order valence-corrected chi connectivity index (χ3v) is 5.89. The number of thioether (sulfide) groups is 1. The summed E-state index contributed by atoms with van der Waals surface area (Å²) < 4.78 is 16.6. The molecule has 152 valence electrons. The Morgan fingerprint density at radius 1 is 1.21 bits per heavy atom. The van der Waals surface area contributed by atoms with Crippen molar-refractivity contribution in [3.63, 3.8) is 0 Å². The standard InChI is InChI=1S/C22H23NO5S/c1-26-15-4-5-16(18(24)13-15)21-22(29-2)17-11-14(3-6-19(17)28-21)12-20(25)23-7-9-27-10-8-23/h3-6,11,13,24H,7-10,12H2,1-2H3. The van der Waals surface area contributed by atoms with Gasteiger partial charge in [0, 0.05) is 24.5 Å². The van der Waals surface area contributed by atoms with Gasteiger partial charge in [-0.3, -0.25) is 4.79 Å². The van der Waals surface area contributed by atoms with Gasteiger partial charge in [-0.15, -0.1) is 11.8 Å². The first-order valence-corrected chi connectivity index (χ1v) is 10.7. The molecule has 1 aromatic heterocycles. The quantitative estimate of drug-likeness (QED) is 0.639. The Kier molecular flexibility index (Phi) is 5.69. The van der Waals surface area contributed by atoms with Crippen LogP contribution in [0.25, 0.3) is 22.3 Å². The van der Waals surface area contributed by atoms with Crippen LogP contribution in [0.2, 0.25) is 0 Å². The zero-order valence-electron chi connectivity index (χ0n) is 16.4. The first-order chi connectivity index (χ1) is 14.1. The minimum atomic E-state index is 0.0985. The molecule has 7 heteroatoms. The average Bonchev–Trinajstić information content (AvgIpc) is 3.11. The van der Waals surface area contributed by atoms with Crippen molar-refractivity contribution in [1.82, 2.24) is 4.90 Å². The fraction of sp³-hybridized carbons (Fsp3) is 0.318.